The largest absolute Gasteiger partial charge is 0.361 e. The Labute approximate surface area is 177 Å². The van der Waals surface area contributed by atoms with Crippen LogP contribution in [-0.4, -0.2) is 37.6 Å². The Balaban J connectivity index is 1.97. The second-order valence-corrected chi connectivity index (χ2v) is 11.5. The van der Waals surface area contributed by atoms with Crippen molar-refractivity contribution in [1.82, 2.24) is 9.71 Å². The molecule has 2 aromatic carbocycles. The minimum Gasteiger partial charge on any atom is -0.361 e. The second kappa shape index (κ2) is 6.68. The zero-order valence-corrected chi connectivity index (χ0v) is 18.7. The Morgan fingerprint density at radius 3 is 2.50 bits per heavy atom. The molecule has 1 amide bonds. The summed E-state index contributed by atoms with van der Waals surface area (Å²) in [7, 11) is -1.91. The Kier molecular flexibility index (Phi) is 4.60. The molecule has 0 radical (unpaired) electrons. The van der Waals surface area contributed by atoms with E-state index < -0.39 is 20.2 Å². The highest BCUT2D eigenvalue weighted by Crippen LogP contribution is 2.47. The Hall–Kier alpha value is -2.64. The Morgan fingerprint density at radius 2 is 1.80 bits per heavy atom. The molecular formula is C23H27N3O3S. The van der Waals surface area contributed by atoms with Crippen LogP contribution < -0.4 is 9.62 Å². The zero-order chi connectivity index (χ0) is 21.9. The van der Waals surface area contributed by atoms with Gasteiger partial charge in [-0.1, -0.05) is 29.8 Å². The number of hydrogen-bond donors (Lipinski definition) is 2. The van der Waals surface area contributed by atoms with Gasteiger partial charge in [0, 0.05) is 36.4 Å². The summed E-state index contributed by atoms with van der Waals surface area (Å²) in [6.07, 6.45) is 1.84. The van der Waals surface area contributed by atoms with E-state index in [4.69, 9.17) is 0 Å². The van der Waals surface area contributed by atoms with E-state index in [1.807, 2.05) is 55.6 Å². The Morgan fingerprint density at radius 1 is 1.10 bits per heavy atom. The van der Waals surface area contributed by atoms with E-state index in [1.54, 1.807) is 32.7 Å². The highest BCUT2D eigenvalue weighted by atomic mass is 32.2. The number of nitrogens with zero attached hydrogens (tertiary/aromatic N) is 1. The number of anilines is 1. The molecule has 158 valence electrons. The van der Waals surface area contributed by atoms with Gasteiger partial charge in [0.2, 0.25) is 15.9 Å². The van der Waals surface area contributed by atoms with Crippen molar-refractivity contribution in [2.24, 2.45) is 0 Å². The van der Waals surface area contributed by atoms with Crippen LogP contribution in [0.4, 0.5) is 5.69 Å². The number of hydrogen-bond acceptors (Lipinski definition) is 3. The minimum atomic E-state index is -3.65. The number of benzene rings is 2. The summed E-state index contributed by atoms with van der Waals surface area (Å²) in [6.45, 7) is 6.89. The van der Waals surface area contributed by atoms with Crippen LogP contribution >= 0.6 is 0 Å². The van der Waals surface area contributed by atoms with Crippen molar-refractivity contribution in [3.05, 3.63) is 65.4 Å². The van der Waals surface area contributed by atoms with E-state index in [0.29, 0.717) is 0 Å². The average Bonchev–Trinajstić information content (AvgIpc) is 3.18. The van der Waals surface area contributed by atoms with Gasteiger partial charge in [-0.3, -0.25) is 4.79 Å². The van der Waals surface area contributed by atoms with Crippen LogP contribution in [0.15, 0.2) is 48.7 Å². The number of carbonyl (C=O) groups excluding carboxylic acids is 1. The molecule has 2 N–H and O–H groups in total. The number of fused-ring (bicyclic) bond motifs is 2. The van der Waals surface area contributed by atoms with Gasteiger partial charge in [-0.2, -0.15) is 0 Å². The van der Waals surface area contributed by atoms with Gasteiger partial charge < -0.3 is 9.88 Å². The predicted molar refractivity (Wildman–Crippen MR) is 120 cm³/mol. The fraction of sp³-hybridized carbons (Fsp3) is 0.348. The number of aromatic amines is 1. The van der Waals surface area contributed by atoms with Gasteiger partial charge in [-0.25, -0.2) is 13.1 Å². The van der Waals surface area contributed by atoms with E-state index in [1.165, 1.54) is 0 Å². The average molecular weight is 426 g/mol. The van der Waals surface area contributed by atoms with Crippen molar-refractivity contribution in [2.75, 3.05) is 18.5 Å². The molecule has 0 saturated heterocycles. The summed E-state index contributed by atoms with van der Waals surface area (Å²) in [5.41, 5.74) is 3.19. The molecule has 0 unspecified atom stereocenters. The molecule has 0 spiro atoms. The molecule has 0 saturated carbocycles. The van der Waals surface area contributed by atoms with Crippen molar-refractivity contribution in [3.63, 3.8) is 0 Å². The first-order valence-corrected chi connectivity index (χ1v) is 11.4. The number of aromatic nitrogens is 1. The van der Waals surface area contributed by atoms with Gasteiger partial charge in [0.15, 0.2) is 0 Å². The van der Waals surface area contributed by atoms with E-state index in [0.717, 1.165) is 33.3 Å². The number of nitrogens with one attached hydrogen (secondary N) is 2. The van der Waals surface area contributed by atoms with E-state index in [2.05, 4.69) is 9.71 Å². The molecule has 3 aromatic rings. The first-order valence-electron chi connectivity index (χ1n) is 9.94. The zero-order valence-electron chi connectivity index (χ0n) is 17.9. The number of carbonyl (C=O) groups is 1. The van der Waals surface area contributed by atoms with Crippen LogP contribution in [0.3, 0.4) is 0 Å². The monoisotopic (exact) mass is 425 g/mol. The molecule has 1 aromatic heterocycles. The van der Waals surface area contributed by atoms with E-state index >= 15 is 0 Å². The van der Waals surface area contributed by atoms with Crippen LogP contribution in [0.25, 0.3) is 10.9 Å². The number of sulfonamides is 1. The fourth-order valence-corrected chi connectivity index (χ4v) is 5.01. The van der Waals surface area contributed by atoms with Crippen molar-refractivity contribution in [1.29, 1.82) is 0 Å². The van der Waals surface area contributed by atoms with Gasteiger partial charge in [-0.15, -0.1) is 0 Å². The van der Waals surface area contributed by atoms with E-state index in [9.17, 15) is 13.2 Å². The number of H-pyrrole nitrogens is 1. The van der Waals surface area contributed by atoms with Gasteiger partial charge in [0.05, 0.1) is 4.75 Å². The summed E-state index contributed by atoms with van der Waals surface area (Å²) in [4.78, 5) is 18.6. The first kappa shape index (κ1) is 20.6. The maximum atomic E-state index is 13.8. The molecule has 0 aliphatic carbocycles. The maximum absolute atomic E-state index is 13.8. The quantitative estimate of drug-likeness (QED) is 0.672. The first-order chi connectivity index (χ1) is 14.0. The third kappa shape index (κ3) is 2.87. The molecule has 7 heteroatoms. The smallest absolute Gasteiger partial charge is 0.243 e. The molecular weight excluding hydrogens is 398 g/mol. The molecule has 30 heavy (non-hydrogen) atoms. The van der Waals surface area contributed by atoms with Crippen molar-refractivity contribution < 1.29 is 13.2 Å². The van der Waals surface area contributed by atoms with Crippen LogP contribution in [0.1, 0.15) is 37.5 Å². The van der Waals surface area contributed by atoms with Crippen molar-refractivity contribution >= 4 is 32.5 Å². The standard InChI is InChI=1S/C23H27N3O3S/c1-15-10-11-19-16(12-15)18(13-24-19)23(14-25-30(28,29)22(2,3)4)17-8-6-7-9-20(17)26(5)21(23)27/h6-13,24-25H,14H2,1-5H3/t23-/m1/s1. The van der Waals surface area contributed by atoms with Crippen LogP contribution in [0, 0.1) is 6.92 Å². The lowest BCUT2D eigenvalue weighted by Crippen LogP contribution is -2.51. The van der Waals surface area contributed by atoms with Gasteiger partial charge in [0.25, 0.3) is 0 Å². The third-order valence-corrected chi connectivity index (χ3v) is 8.16. The summed E-state index contributed by atoms with van der Waals surface area (Å²) < 4.78 is 27.6. The van der Waals surface area contributed by atoms with Crippen molar-refractivity contribution in [2.45, 2.75) is 37.9 Å². The lowest BCUT2D eigenvalue weighted by Gasteiger charge is -2.30. The highest BCUT2D eigenvalue weighted by Gasteiger charge is 2.52. The van der Waals surface area contributed by atoms with Crippen LogP contribution in [0.2, 0.25) is 0 Å². The number of aryl methyl sites for hydroxylation is 1. The molecule has 1 aliphatic heterocycles. The minimum absolute atomic E-state index is 0.0479. The van der Waals surface area contributed by atoms with Crippen LogP contribution in [-0.2, 0) is 20.2 Å². The summed E-state index contributed by atoms with van der Waals surface area (Å²) in [5.74, 6) is -0.150. The summed E-state index contributed by atoms with van der Waals surface area (Å²) in [6, 6.07) is 13.6. The van der Waals surface area contributed by atoms with Gasteiger partial charge in [-0.05, 0) is 57.0 Å². The molecule has 6 nitrogen and oxygen atoms in total. The second-order valence-electron chi connectivity index (χ2n) is 8.97. The molecule has 1 atom stereocenters. The Bertz CT molecular complexity index is 1250. The fourth-order valence-electron chi connectivity index (χ4n) is 4.17. The topological polar surface area (TPSA) is 82.3 Å². The predicted octanol–water partition coefficient (Wildman–Crippen LogP) is 3.46. The SMILES string of the molecule is Cc1ccc2[nH]cc([C@]3(CNS(=O)(=O)C(C)(C)C)C(=O)N(C)c4ccccc43)c2c1. The summed E-state index contributed by atoms with van der Waals surface area (Å²) in [5, 5.41) is 0.920. The lowest BCUT2D eigenvalue weighted by molar-refractivity contribution is -0.121. The number of amides is 1. The third-order valence-electron chi connectivity index (χ3n) is 6.03. The lowest BCUT2D eigenvalue weighted by atomic mass is 9.75. The maximum Gasteiger partial charge on any atom is 0.243 e. The summed E-state index contributed by atoms with van der Waals surface area (Å²) >= 11 is 0. The molecule has 4 rings (SSSR count). The highest BCUT2D eigenvalue weighted by molar-refractivity contribution is 7.90. The van der Waals surface area contributed by atoms with Gasteiger partial charge >= 0.3 is 0 Å². The number of rotatable bonds is 4. The van der Waals surface area contributed by atoms with Gasteiger partial charge in [0.1, 0.15) is 5.41 Å². The molecule has 0 bridgehead atoms. The molecule has 0 fully saturated rings. The number of para-hydroxylation sites is 1. The van der Waals surface area contributed by atoms with E-state index in [-0.39, 0.29) is 12.5 Å². The molecule has 2 heterocycles. The normalized spacial score (nSPS) is 19.5. The molecule has 1 aliphatic rings. The van der Waals surface area contributed by atoms with Crippen molar-refractivity contribution in [3.8, 4) is 0 Å². The van der Waals surface area contributed by atoms with Crippen LogP contribution in [0.5, 0.6) is 0 Å². The number of likely N-dealkylation sites (N-methyl/N-ethyl adjacent to an activating group) is 1.